The molecule has 96 valence electrons. The fourth-order valence-corrected chi connectivity index (χ4v) is 2.00. The Bertz CT molecular complexity index is 596. The van der Waals surface area contributed by atoms with Gasteiger partial charge in [0, 0.05) is 0 Å². The molecule has 18 heavy (non-hydrogen) atoms. The number of rotatable bonds is 1. The summed E-state index contributed by atoms with van der Waals surface area (Å²) < 4.78 is 51.2. The SMILES string of the molecule is Fc1c(Cl)ccc(-n2cc(C(F)(F)F)nn2)c1Br. The third kappa shape index (κ3) is 2.35. The van der Waals surface area contributed by atoms with Crippen molar-refractivity contribution >= 4 is 27.5 Å². The van der Waals surface area contributed by atoms with Crippen LogP contribution in [-0.4, -0.2) is 15.0 Å². The van der Waals surface area contributed by atoms with E-state index in [0.29, 0.717) is 6.20 Å². The average molecular weight is 344 g/mol. The molecule has 0 saturated heterocycles. The molecule has 0 amide bonds. The summed E-state index contributed by atoms with van der Waals surface area (Å²) in [5.74, 6) is -0.779. The quantitative estimate of drug-likeness (QED) is 0.581. The molecule has 0 fully saturated rings. The third-order valence-corrected chi connectivity index (χ3v) is 3.09. The van der Waals surface area contributed by atoms with Crippen molar-refractivity contribution in [3.63, 3.8) is 0 Å². The van der Waals surface area contributed by atoms with Crippen LogP contribution in [0.3, 0.4) is 0 Å². The number of hydrogen-bond donors (Lipinski definition) is 0. The number of alkyl halides is 3. The number of benzene rings is 1. The number of nitrogens with zero attached hydrogens (tertiary/aromatic N) is 3. The highest BCUT2D eigenvalue weighted by molar-refractivity contribution is 9.10. The number of hydrogen-bond acceptors (Lipinski definition) is 2. The maximum absolute atomic E-state index is 13.5. The van der Waals surface area contributed by atoms with Crippen molar-refractivity contribution in [2.45, 2.75) is 6.18 Å². The first-order chi connectivity index (χ1) is 8.30. The largest absolute Gasteiger partial charge is 0.436 e. The second kappa shape index (κ2) is 4.51. The van der Waals surface area contributed by atoms with Crippen LogP contribution in [0.25, 0.3) is 5.69 Å². The van der Waals surface area contributed by atoms with Gasteiger partial charge in [0.1, 0.15) is 0 Å². The van der Waals surface area contributed by atoms with E-state index < -0.39 is 17.7 Å². The highest BCUT2D eigenvalue weighted by Gasteiger charge is 2.34. The van der Waals surface area contributed by atoms with Crippen LogP contribution in [0.15, 0.2) is 22.8 Å². The van der Waals surface area contributed by atoms with Crippen LogP contribution in [0.1, 0.15) is 5.69 Å². The molecule has 0 aliphatic rings. The second-order valence-electron chi connectivity index (χ2n) is 3.24. The van der Waals surface area contributed by atoms with Crippen LogP contribution in [-0.2, 0) is 6.18 Å². The van der Waals surface area contributed by atoms with Crippen molar-refractivity contribution in [1.82, 2.24) is 15.0 Å². The second-order valence-corrected chi connectivity index (χ2v) is 4.44. The van der Waals surface area contributed by atoms with E-state index in [4.69, 9.17) is 11.6 Å². The summed E-state index contributed by atoms with van der Waals surface area (Å²) in [6.07, 6.45) is -3.94. The molecular formula is C9H3BrClF4N3. The minimum absolute atomic E-state index is 0.0694. The van der Waals surface area contributed by atoms with E-state index in [1.165, 1.54) is 12.1 Å². The smallest absolute Gasteiger partial charge is 0.219 e. The molecule has 1 heterocycles. The normalized spacial score (nSPS) is 11.9. The van der Waals surface area contributed by atoms with E-state index in [1.807, 2.05) is 0 Å². The first-order valence-electron chi connectivity index (χ1n) is 4.44. The predicted molar refractivity (Wildman–Crippen MR) is 59.0 cm³/mol. The molecule has 0 saturated carbocycles. The van der Waals surface area contributed by atoms with Gasteiger partial charge in [0.05, 0.1) is 21.4 Å². The maximum Gasteiger partial charge on any atom is 0.436 e. The van der Waals surface area contributed by atoms with Crippen LogP contribution >= 0.6 is 27.5 Å². The molecule has 0 bridgehead atoms. The Balaban J connectivity index is 2.50. The Kier molecular flexibility index (Phi) is 3.33. The van der Waals surface area contributed by atoms with Gasteiger partial charge < -0.3 is 0 Å². The molecule has 1 aromatic heterocycles. The van der Waals surface area contributed by atoms with Crippen molar-refractivity contribution in [3.8, 4) is 5.69 Å². The summed E-state index contributed by atoms with van der Waals surface area (Å²) in [7, 11) is 0. The Morgan fingerprint density at radius 2 is 1.94 bits per heavy atom. The lowest BCUT2D eigenvalue weighted by molar-refractivity contribution is -0.141. The van der Waals surface area contributed by atoms with Crippen LogP contribution in [0.5, 0.6) is 0 Å². The van der Waals surface area contributed by atoms with Gasteiger partial charge >= 0.3 is 6.18 Å². The van der Waals surface area contributed by atoms with Crippen molar-refractivity contribution in [1.29, 1.82) is 0 Å². The fourth-order valence-electron chi connectivity index (χ4n) is 1.20. The Labute approximate surface area is 111 Å². The summed E-state index contributed by atoms with van der Waals surface area (Å²) in [5, 5.41) is 6.11. The monoisotopic (exact) mass is 343 g/mol. The van der Waals surface area contributed by atoms with Crippen LogP contribution < -0.4 is 0 Å². The summed E-state index contributed by atoms with van der Waals surface area (Å²) in [6.45, 7) is 0. The molecule has 0 atom stereocenters. The molecule has 0 radical (unpaired) electrons. The van der Waals surface area contributed by atoms with Gasteiger partial charge in [-0.05, 0) is 28.1 Å². The zero-order valence-electron chi connectivity index (χ0n) is 8.34. The van der Waals surface area contributed by atoms with E-state index in [2.05, 4.69) is 26.2 Å². The summed E-state index contributed by atoms with van der Waals surface area (Å²) in [5.41, 5.74) is -1.09. The molecular weight excluding hydrogens is 341 g/mol. The van der Waals surface area contributed by atoms with Crippen LogP contribution in [0, 0.1) is 5.82 Å². The van der Waals surface area contributed by atoms with Crippen molar-refractivity contribution in [3.05, 3.63) is 39.3 Å². The average Bonchev–Trinajstić information content (AvgIpc) is 2.75. The van der Waals surface area contributed by atoms with Gasteiger partial charge in [0.2, 0.25) is 0 Å². The molecule has 2 aromatic rings. The van der Waals surface area contributed by atoms with Gasteiger partial charge in [-0.15, -0.1) is 5.10 Å². The predicted octanol–water partition coefficient (Wildman–Crippen LogP) is 3.84. The Hall–Kier alpha value is -1.15. The molecule has 1 aromatic carbocycles. The molecule has 0 aliphatic carbocycles. The third-order valence-electron chi connectivity index (χ3n) is 2.05. The minimum Gasteiger partial charge on any atom is -0.219 e. The standard InChI is InChI=1S/C9H3BrClF4N3/c10-7-5(2-1-4(11)8(7)12)18-3-6(16-17-18)9(13,14)15/h1-3H. The lowest BCUT2D eigenvalue weighted by Crippen LogP contribution is -2.05. The molecule has 2 rings (SSSR count). The van der Waals surface area contributed by atoms with E-state index >= 15 is 0 Å². The molecule has 9 heteroatoms. The highest BCUT2D eigenvalue weighted by atomic mass is 79.9. The number of halogens is 6. The van der Waals surface area contributed by atoms with Crippen molar-refractivity contribution in [2.24, 2.45) is 0 Å². The highest BCUT2D eigenvalue weighted by Crippen LogP contribution is 2.31. The zero-order valence-corrected chi connectivity index (χ0v) is 10.7. The van der Waals surface area contributed by atoms with Crippen molar-refractivity contribution < 1.29 is 17.6 Å². The Morgan fingerprint density at radius 3 is 2.50 bits per heavy atom. The first kappa shape index (κ1) is 13.3. The zero-order chi connectivity index (χ0) is 13.5. The lowest BCUT2D eigenvalue weighted by atomic mass is 10.3. The summed E-state index contributed by atoms with van der Waals surface area (Å²) in [6, 6.07) is 2.54. The lowest BCUT2D eigenvalue weighted by Gasteiger charge is -2.05. The molecule has 3 nitrogen and oxygen atoms in total. The first-order valence-corrected chi connectivity index (χ1v) is 5.61. The topological polar surface area (TPSA) is 30.7 Å². The maximum atomic E-state index is 13.5. The molecule has 0 unspecified atom stereocenters. The van der Waals surface area contributed by atoms with E-state index in [0.717, 1.165) is 4.68 Å². The summed E-state index contributed by atoms with van der Waals surface area (Å²) in [4.78, 5) is 0. The van der Waals surface area contributed by atoms with E-state index in [1.54, 1.807) is 0 Å². The van der Waals surface area contributed by atoms with Gasteiger partial charge in [-0.2, -0.15) is 13.2 Å². The van der Waals surface area contributed by atoms with Crippen LogP contribution in [0.4, 0.5) is 17.6 Å². The molecule has 0 N–H and O–H groups in total. The molecule has 0 aliphatic heterocycles. The van der Waals surface area contributed by atoms with Crippen LogP contribution in [0.2, 0.25) is 5.02 Å². The Morgan fingerprint density at radius 1 is 1.28 bits per heavy atom. The number of aromatic nitrogens is 3. The molecule has 0 spiro atoms. The van der Waals surface area contributed by atoms with Gasteiger partial charge in [0.25, 0.3) is 0 Å². The van der Waals surface area contributed by atoms with Gasteiger partial charge in [-0.1, -0.05) is 16.8 Å². The van der Waals surface area contributed by atoms with Gasteiger partial charge in [0.15, 0.2) is 11.5 Å². The van der Waals surface area contributed by atoms with Crippen molar-refractivity contribution in [2.75, 3.05) is 0 Å². The van der Waals surface area contributed by atoms with Gasteiger partial charge in [-0.3, -0.25) is 0 Å². The van der Waals surface area contributed by atoms with Gasteiger partial charge in [-0.25, -0.2) is 9.07 Å². The fraction of sp³-hybridized carbons (Fsp3) is 0.111. The van der Waals surface area contributed by atoms with E-state index in [-0.39, 0.29) is 15.2 Å². The summed E-state index contributed by atoms with van der Waals surface area (Å²) >= 11 is 8.42. The van der Waals surface area contributed by atoms with E-state index in [9.17, 15) is 17.6 Å². The minimum atomic E-state index is -4.60.